The summed E-state index contributed by atoms with van der Waals surface area (Å²) in [5, 5.41) is 4.01. The van der Waals surface area contributed by atoms with Gasteiger partial charge in [0.2, 0.25) is 0 Å². The van der Waals surface area contributed by atoms with Crippen molar-refractivity contribution in [2.75, 3.05) is 7.11 Å². The van der Waals surface area contributed by atoms with Gasteiger partial charge in [-0.1, -0.05) is 46.8 Å². The summed E-state index contributed by atoms with van der Waals surface area (Å²) in [6.45, 7) is 0. The van der Waals surface area contributed by atoms with Gasteiger partial charge in [0.15, 0.2) is 5.11 Å². The number of rotatable bonds is 3. The number of amides is 1. The second kappa shape index (κ2) is 7.42. The average Bonchev–Trinajstić information content (AvgIpc) is 2.82. The Balaban J connectivity index is 1.92. The van der Waals surface area contributed by atoms with Crippen LogP contribution in [0.5, 0.6) is 5.75 Å². The molecule has 0 spiro atoms. The Labute approximate surface area is 160 Å². The number of ether oxygens (including phenoxy) is 1. The van der Waals surface area contributed by atoms with Crippen molar-refractivity contribution in [1.29, 1.82) is 0 Å². The summed E-state index contributed by atoms with van der Waals surface area (Å²) in [6.07, 6.45) is 7.28. The summed E-state index contributed by atoms with van der Waals surface area (Å²) in [4.78, 5) is 14.5. The predicted octanol–water partition coefficient (Wildman–Crippen LogP) is 4.50. The van der Waals surface area contributed by atoms with Crippen LogP contribution in [0, 0.1) is 0 Å². The molecule has 0 aromatic heterocycles. The van der Waals surface area contributed by atoms with Gasteiger partial charge in [-0.05, 0) is 43.3 Å². The van der Waals surface area contributed by atoms with E-state index in [1.165, 1.54) is 6.42 Å². The lowest BCUT2D eigenvalue weighted by atomic mass is 9.94. The molecular weight excluding hydrogens is 412 g/mol. The molecule has 1 aliphatic heterocycles. The topological polar surface area (TPSA) is 41.6 Å². The van der Waals surface area contributed by atoms with Gasteiger partial charge >= 0.3 is 0 Å². The summed E-state index contributed by atoms with van der Waals surface area (Å²) < 4.78 is 6.18. The molecule has 2 aliphatic rings. The van der Waals surface area contributed by atoms with Crippen LogP contribution in [0.4, 0.5) is 0 Å². The molecule has 1 heterocycles. The molecule has 1 aromatic carbocycles. The third kappa shape index (κ3) is 3.46. The molecule has 7 heteroatoms. The smallest absolute Gasteiger partial charge is 0.276 e. The minimum absolute atomic E-state index is 0.0787. The zero-order valence-electron chi connectivity index (χ0n) is 13.3. The van der Waals surface area contributed by atoms with Gasteiger partial charge in [0.1, 0.15) is 11.4 Å². The molecular formula is C17H18BrClN2O2S. The Hall–Kier alpha value is -1.11. The van der Waals surface area contributed by atoms with Gasteiger partial charge in [-0.15, -0.1) is 0 Å². The minimum atomic E-state index is -0.0787. The molecule has 0 unspecified atom stereocenters. The Kier molecular flexibility index (Phi) is 5.47. The van der Waals surface area contributed by atoms with Gasteiger partial charge in [-0.3, -0.25) is 9.69 Å². The van der Waals surface area contributed by atoms with Crippen molar-refractivity contribution in [2.24, 2.45) is 0 Å². The van der Waals surface area contributed by atoms with Crippen LogP contribution in [0.2, 0.25) is 5.02 Å². The van der Waals surface area contributed by atoms with Crippen molar-refractivity contribution in [3.05, 3.63) is 32.9 Å². The van der Waals surface area contributed by atoms with Gasteiger partial charge in [0.05, 0.1) is 12.1 Å². The van der Waals surface area contributed by atoms with Crippen molar-refractivity contribution >= 4 is 56.8 Å². The van der Waals surface area contributed by atoms with Gasteiger partial charge in [0, 0.05) is 16.1 Å². The number of methoxy groups -OCH3 is 1. The molecule has 1 aliphatic carbocycles. The van der Waals surface area contributed by atoms with Crippen LogP contribution < -0.4 is 10.1 Å². The molecule has 4 nitrogen and oxygen atoms in total. The summed E-state index contributed by atoms with van der Waals surface area (Å²) in [6, 6.07) is 3.81. The van der Waals surface area contributed by atoms with E-state index in [9.17, 15) is 4.79 Å². The summed E-state index contributed by atoms with van der Waals surface area (Å²) >= 11 is 15.0. The maximum absolute atomic E-state index is 12.8. The van der Waals surface area contributed by atoms with Crippen molar-refractivity contribution in [3.8, 4) is 5.75 Å². The van der Waals surface area contributed by atoms with Gasteiger partial charge in [-0.2, -0.15) is 0 Å². The number of carbonyl (C=O) groups excluding carboxylic acids is 1. The second-order valence-electron chi connectivity index (χ2n) is 5.97. The molecule has 2 fully saturated rings. The van der Waals surface area contributed by atoms with Crippen molar-refractivity contribution in [2.45, 2.75) is 38.1 Å². The zero-order chi connectivity index (χ0) is 17.3. The van der Waals surface area contributed by atoms with Crippen LogP contribution >= 0.6 is 39.7 Å². The fourth-order valence-corrected chi connectivity index (χ4v) is 4.53. The first-order valence-corrected chi connectivity index (χ1v) is 9.48. The number of thiocarbonyl (C=S) groups is 1. The van der Waals surface area contributed by atoms with E-state index in [4.69, 9.17) is 28.6 Å². The van der Waals surface area contributed by atoms with Crippen molar-refractivity contribution in [3.63, 3.8) is 0 Å². The lowest BCUT2D eigenvalue weighted by Gasteiger charge is -2.29. The number of halogens is 2. The Bertz CT molecular complexity index is 717. The first-order valence-electron chi connectivity index (χ1n) is 7.90. The summed E-state index contributed by atoms with van der Waals surface area (Å²) in [5.41, 5.74) is 1.18. The average molecular weight is 430 g/mol. The van der Waals surface area contributed by atoms with Crippen LogP contribution in [0.25, 0.3) is 6.08 Å². The van der Waals surface area contributed by atoms with Crippen LogP contribution in [-0.2, 0) is 4.79 Å². The first kappa shape index (κ1) is 17.7. The number of nitrogens with zero attached hydrogens (tertiary/aromatic N) is 1. The highest BCUT2D eigenvalue weighted by atomic mass is 79.9. The number of benzene rings is 1. The molecule has 3 rings (SSSR count). The second-order valence-corrected chi connectivity index (χ2v) is 7.67. The highest BCUT2D eigenvalue weighted by Crippen LogP contribution is 2.34. The minimum Gasteiger partial charge on any atom is -0.495 e. The highest BCUT2D eigenvalue weighted by Gasteiger charge is 2.36. The van der Waals surface area contributed by atoms with Crippen LogP contribution in [0.3, 0.4) is 0 Å². The molecule has 1 saturated carbocycles. The number of nitrogens with one attached hydrogen (secondary N) is 1. The molecule has 24 heavy (non-hydrogen) atoms. The number of hydrogen-bond donors (Lipinski definition) is 1. The third-order valence-corrected chi connectivity index (χ3v) is 5.43. The van der Waals surface area contributed by atoms with Gasteiger partial charge in [0.25, 0.3) is 5.91 Å². The van der Waals surface area contributed by atoms with E-state index in [1.807, 2.05) is 6.07 Å². The van der Waals surface area contributed by atoms with E-state index in [1.54, 1.807) is 24.2 Å². The molecule has 1 N–H and O–H groups in total. The normalized spacial score (nSPS) is 20.6. The molecule has 0 atom stereocenters. The largest absolute Gasteiger partial charge is 0.495 e. The highest BCUT2D eigenvalue weighted by molar-refractivity contribution is 9.10. The molecule has 1 saturated heterocycles. The van der Waals surface area contributed by atoms with E-state index in [0.717, 1.165) is 35.7 Å². The molecule has 128 valence electrons. The summed E-state index contributed by atoms with van der Waals surface area (Å²) in [5.74, 6) is 0.453. The lowest BCUT2D eigenvalue weighted by molar-refractivity contribution is -0.124. The fraction of sp³-hybridized carbons (Fsp3) is 0.412. The maximum atomic E-state index is 12.8. The molecule has 1 aromatic rings. The third-order valence-electron chi connectivity index (χ3n) is 4.39. The van der Waals surface area contributed by atoms with E-state index < -0.39 is 0 Å². The van der Waals surface area contributed by atoms with Crippen LogP contribution in [0.1, 0.15) is 37.7 Å². The standard InChI is InChI=1S/C17H18BrClN2O2S/c1-23-15-10(7-11(18)9-13(15)19)8-14-16(22)21(17(24)20-14)12-5-3-2-4-6-12/h7-9,12H,2-6H2,1H3,(H,20,24)/b14-8-. The Morgan fingerprint density at radius 3 is 2.75 bits per heavy atom. The quantitative estimate of drug-likeness (QED) is 0.567. The van der Waals surface area contributed by atoms with E-state index in [-0.39, 0.29) is 11.9 Å². The zero-order valence-corrected chi connectivity index (χ0v) is 16.4. The van der Waals surface area contributed by atoms with E-state index in [0.29, 0.717) is 21.6 Å². The maximum Gasteiger partial charge on any atom is 0.276 e. The Morgan fingerprint density at radius 2 is 2.08 bits per heavy atom. The number of hydrogen-bond acceptors (Lipinski definition) is 3. The van der Waals surface area contributed by atoms with Crippen molar-refractivity contribution in [1.82, 2.24) is 10.2 Å². The molecule has 0 radical (unpaired) electrons. The fourth-order valence-electron chi connectivity index (χ4n) is 3.28. The van der Waals surface area contributed by atoms with E-state index in [2.05, 4.69) is 21.2 Å². The van der Waals surface area contributed by atoms with Crippen LogP contribution in [0.15, 0.2) is 22.3 Å². The van der Waals surface area contributed by atoms with E-state index >= 15 is 0 Å². The van der Waals surface area contributed by atoms with Gasteiger partial charge in [-0.25, -0.2) is 0 Å². The molecule has 0 bridgehead atoms. The lowest BCUT2D eigenvalue weighted by Crippen LogP contribution is -2.41. The SMILES string of the molecule is COc1c(Cl)cc(Br)cc1/C=C1\NC(=S)N(C2CCCCC2)C1=O. The predicted molar refractivity (Wildman–Crippen MR) is 103 cm³/mol. The summed E-state index contributed by atoms with van der Waals surface area (Å²) in [7, 11) is 1.56. The molecule has 1 amide bonds. The monoisotopic (exact) mass is 428 g/mol. The van der Waals surface area contributed by atoms with Crippen molar-refractivity contribution < 1.29 is 9.53 Å². The van der Waals surface area contributed by atoms with Crippen LogP contribution in [-0.4, -0.2) is 29.1 Å². The Morgan fingerprint density at radius 1 is 1.38 bits per heavy atom. The van der Waals surface area contributed by atoms with Gasteiger partial charge < -0.3 is 10.1 Å². The number of carbonyl (C=O) groups is 1. The first-order chi connectivity index (χ1) is 11.5.